The van der Waals surface area contributed by atoms with Crippen molar-refractivity contribution in [1.82, 2.24) is 14.9 Å². The van der Waals surface area contributed by atoms with Crippen LogP contribution in [0.5, 0.6) is 0 Å². The van der Waals surface area contributed by atoms with Crippen LogP contribution in [0.15, 0.2) is 9.98 Å². The number of nitrogens with zero attached hydrogens (tertiary/aromatic N) is 3. The molecule has 15 nitrogen and oxygen atoms in total. The lowest BCUT2D eigenvalue weighted by Gasteiger charge is -2.48. The summed E-state index contributed by atoms with van der Waals surface area (Å²) in [7, 11) is -4.82. The molecule has 1 fully saturated rings. The second-order valence-electron chi connectivity index (χ2n) is 5.93. The molecule has 3 heterocycles. The first-order chi connectivity index (χ1) is 11.9. The topological polar surface area (TPSA) is 245 Å². The number of nitrogens with two attached hydrogens (primary N) is 2. The zero-order chi connectivity index (χ0) is 19.5. The minimum absolute atomic E-state index is 0.195. The van der Waals surface area contributed by atoms with Gasteiger partial charge >= 0.3 is 16.4 Å². The van der Waals surface area contributed by atoms with Gasteiger partial charge in [-0.25, -0.2) is 14.8 Å². The molecule has 146 valence electrons. The van der Waals surface area contributed by atoms with Gasteiger partial charge in [-0.3, -0.25) is 4.55 Å². The summed E-state index contributed by atoms with van der Waals surface area (Å²) in [5.41, 5.74) is 9.59. The number of rotatable bonds is 3. The minimum atomic E-state index is -4.82. The summed E-state index contributed by atoms with van der Waals surface area (Å²) in [5, 5.41) is 33.4. The molecule has 3 rings (SSSR count). The molecule has 3 aliphatic rings. The Morgan fingerprint density at radius 2 is 2.08 bits per heavy atom. The maximum atomic E-state index is 11.4. The molecule has 1 amide bonds. The summed E-state index contributed by atoms with van der Waals surface area (Å²) in [6.07, 6.45) is -3.14. The Kier molecular flexibility index (Phi) is 3.92. The molecule has 1 saturated heterocycles. The number of ether oxygens (including phenoxy) is 1. The van der Waals surface area contributed by atoms with Gasteiger partial charge in [-0.05, 0) is 0 Å². The molecule has 10 N–H and O–H groups in total. The highest BCUT2D eigenvalue weighted by Crippen LogP contribution is 2.44. The van der Waals surface area contributed by atoms with Gasteiger partial charge in [-0.1, -0.05) is 0 Å². The fraction of sp³-hybridized carbons (Fsp3) is 0.700. The Morgan fingerprint density at radius 1 is 1.42 bits per heavy atom. The van der Waals surface area contributed by atoms with Crippen molar-refractivity contribution in [3.8, 4) is 0 Å². The summed E-state index contributed by atoms with van der Waals surface area (Å²) < 4.78 is 35.5. The summed E-state index contributed by atoms with van der Waals surface area (Å²) >= 11 is 0. The van der Waals surface area contributed by atoms with Crippen molar-refractivity contribution in [3.63, 3.8) is 0 Å². The van der Waals surface area contributed by atoms with Gasteiger partial charge in [0.1, 0.15) is 24.8 Å². The van der Waals surface area contributed by atoms with Crippen LogP contribution in [-0.4, -0.2) is 94.0 Å². The van der Waals surface area contributed by atoms with Crippen molar-refractivity contribution in [3.05, 3.63) is 0 Å². The largest absolute Gasteiger partial charge is 0.446 e. The van der Waals surface area contributed by atoms with E-state index in [-0.39, 0.29) is 18.5 Å². The summed E-state index contributed by atoms with van der Waals surface area (Å²) in [6.45, 7) is -0.877. The highest BCUT2D eigenvalue weighted by Gasteiger charge is 2.73. The number of aliphatic imine (C=N–C) groups is 2. The number of hydrogen-bond acceptors (Lipinski definition) is 13. The van der Waals surface area contributed by atoms with Crippen LogP contribution in [-0.2, 0) is 15.0 Å². The lowest BCUT2D eigenvalue weighted by Crippen LogP contribution is -2.77. The van der Waals surface area contributed by atoms with E-state index >= 15 is 0 Å². The fourth-order valence-corrected chi connectivity index (χ4v) is 3.62. The standard InChI is InChI=1S/C10H17N7O8S/c11-6-14-5-3(2-25-8(19)16-26(22,23)24)13-7(12)17-1-4(18)10(20,21)9(5,17)15-6/h3-5,18,20-21H,1-2H2,(H2,12,13)(H,16,19)(H3,11,14,15)(H,22,23,24)/t3-,4-,5-,9-/m0/s1. The second kappa shape index (κ2) is 5.55. The van der Waals surface area contributed by atoms with Crippen LogP contribution in [0.3, 0.4) is 0 Å². The van der Waals surface area contributed by atoms with Gasteiger partial charge < -0.3 is 41.7 Å². The van der Waals surface area contributed by atoms with Crippen LogP contribution in [0.2, 0.25) is 0 Å². The molecule has 26 heavy (non-hydrogen) atoms. The molecule has 0 aliphatic carbocycles. The van der Waals surface area contributed by atoms with Crippen LogP contribution in [0.1, 0.15) is 0 Å². The molecule has 4 atom stereocenters. The van der Waals surface area contributed by atoms with Gasteiger partial charge in [0.2, 0.25) is 5.79 Å². The molecule has 16 heteroatoms. The Morgan fingerprint density at radius 3 is 2.69 bits per heavy atom. The SMILES string of the molecule is NC1=N[C@H]2[C@H](COC(=O)NS(=O)(=O)O)N=C(N)N3C[C@H](O)C(O)(O)[C@]23N1. The molecule has 0 aromatic heterocycles. The number of aliphatic hydroxyl groups excluding tert-OH is 1. The number of guanidine groups is 2. The van der Waals surface area contributed by atoms with E-state index in [0.29, 0.717) is 0 Å². The normalized spacial score (nSPS) is 34.9. The van der Waals surface area contributed by atoms with Gasteiger partial charge in [0.15, 0.2) is 17.6 Å². The molecular formula is C10H17N7O8S. The molecule has 0 unspecified atom stereocenters. The first-order valence-electron chi connectivity index (χ1n) is 7.15. The maximum absolute atomic E-state index is 11.4. The lowest BCUT2D eigenvalue weighted by atomic mass is 9.86. The Balaban J connectivity index is 1.88. The highest BCUT2D eigenvalue weighted by molar-refractivity contribution is 7.84. The van der Waals surface area contributed by atoms with Gasteiger partial charge in [0, 0.05) is 0 Å². The minimum Gasteiger partial charge on any atom is -0.446 e. The van der Waals surface area contributed by atoms with Crippen molar-refractivity contribution in [2.45, 2.75) is 29.6 Å². The zero-order valence-corrected chi connectivity index (χ0v) is 13.8. The third-order valence-electron chi connectivity index (χ3n) is 4.37. The van der Waals surface area contributed by atoms with Gasteiger partial charge in [0.25, 0.3) is 0 Å². The first kappa shape index (κ1) is 18.4. The summed E-state index contributed by atoms with van der Waals surface area (Å²) in [6, 6.07) is -2.25. The van der Waals surface area contributed by atoms with E-state index in [1.807, 2.05) is 0 Å². The van der Waals surface area contributed by atoms with Crippen molar-refractivity contribution < 1.29 is 37.8 Å². The number of nitrogens with one attached hydrogen (secondary N) is 2. The Bertz CT molecular complexity index is 797. The number of amides is 1. The highest BCUT2D eigenvalue weighted by atomic mass is 32.2. The van der Waals surface area contributed by atoms with E-state index in [1.165, 1.54) is 9.62 Å². The molecule has 0 bridgehead atoms. The van der Waals surface area contributed by atoms with E-state index < -0.39 is 52.6 Å². The zero-order valence-electron chi connectivity index (χ0n) is 13.0. The molecule has 1 spiro atoms. The molecular weight excluding hydrogens is 378 g/mol. The summed E-state index contributed by atoms with van der Waals surface area (Å²) in [4.78, 5) is 20.6. The summed E-state index contributed by atoms with van der Waals surface area (Å²) in [5.74, 6) is -3.15. The predicted octanol–water partition coefficient (Wildman–Crippen LogP) is -5.45. The van der Waals surface area contributed by atoms with Crippen LogP contribution < -0.4 is 21.5 Å². The number of carbonyl (C=O) groups excluding carboxylic acids is 1. The average molecular weight is 395 g/mol. The average Bonchev–Trinajstić information content (AvgIpc) is 2.93. The molecule has 3 aliphatic heterocycles. The van der Waals surface area contributed by atoms with Gasteiger partial charge in [-0.15, -0.1) is 0 Å². The van der Waals surface area contributed by atoms with E-state index in [1.54, 1.807) is 0 Å². The van der Waals surface area contributed by atoms with E-state index in [9.17, 15) is 28.5 Å². The Hall–Kier alpha value is -2.40. The third kappa shape index (κ3) is 2.58. The number of hydrogen-bond donors (Lipinski definition) is 8. The van der Waals surface area contributed by atoms with Crippen LogP contribution in [0.4, 0.5) is 4.79 Å². The van der Waals surface area contributed by atoms with E-state index in [0.717, 1.165) is 0 Å². The van der Waals surface area contributed by atoms with Crippen molar-refractivity contribution >= 4 is 28.3 Å². The molecule has 0 aromatic rings. The van der Waals surface area contributed by atoms with Crippen molar-refractivity contribution in [2.75, 3.05) is 13.2 Å². The smallest absolute Gasteiger partial charge is 0.422 e. The van der Waals surface area contributed by atoms with Gasteiger partial charge in [-0.2, -0.15) is 13.1 Å². The molecule has 0 radical (unpaired) electrons. The van der Waals surface area contributed by atoms with Gasteiger partial charge in [0.05, 0.1) is 6.54 Å². The Labute approximate surface area is 146 Å². The van der Waals surface area contributed by atoms with E-state index in [2.05, 4.69) is 20.0 Å². The van der Waals surface area contributed by atoms with Crippen LogP contribution in [0, 0.1) is 0 Å². The third-order valence-corrected chi connectivity index (χ3v) is 4.79. The monoisotopic (exact) mass is 395 g/mol. The number of aliphatic hydroxyl groups is 3. The lowest BCUT2D eigenvalue weighted by molar-refractivity contribution is -0.257. The van der Waals surface area contributed by atoms with Crippen LogP contribution in [0.25, 0.3) is 0 Å². The maximum Gasteiger partial charge on any atom is 0.422 e. The molecule has 0 aromatic carbocycles. The van der Waals surface area contributed by atoms with E-state index in [4.69, 9.17) is 16.0 Å². The quantitative estimate of drug-likeness (QED) is 0.165. The fourth-order valence-electron chi connectivity index (χ4n) is 3.35. The first-order valence-corrected chi connectivity index (χ1v) is 8.59. The van der Waals surface area contributed by atoms with Crippen LogP contribution >= 0.6 is 0 Å². The predicted molar refractivity (Wildman–Crippen MR) is 82.6 cm³/mol. The molecule has 0 saturated carbocycles. The van der Waals surface area contributed by atoms with Crippen molar-refractivity contribution in [2.24, 2.45) is 21.5 Å². The second-order valence-corrected chi connectivity index (χ2v) is 7.09. The van der Waals surface area contributed by atoms with Crippen molar-refractivity contribution in [1.29, 1.82) is 0 Å². The number of carbonyl (C=O) groups is 1.